The molecule has 0 saturated carbocycles. The maximum Gasteiger partial charge on any atom is 0.321 e. The number of hydrogen-bond donors (Lipinski definition) is 2. The predicted molar refractivity (Wildman–Crippen MR) is 90.2 cm³/mol. The van der Waals surface area contributed by atoms with Gasteiger partial charge in [0.05, 0.1) is 6.61 Å². The van der Waals surface area contributed by atoms with E-state index in [0.717, 1.165) is 22.4 Å². The van der Waals surface area contributed by atoms with Crippen molar-refractivity contribution in [2.24, 2.45) is 11.3 Å². The third kappa shape index (κ3) is 2.75. The Bertz CT molecular complexity index is 665. The van der Waals surface area contributed by atoms with Crippen LogP contribution in [0.3, 0.4) is 0 Å². The van der Waals surface area contributed by atoms with E-state index in [4.69, 9.17) is 4.74 Å². The minimum absolute atomic E-state index is 0.0466. The Kier molecular flexibility index (Phi) is 4.25. The molecular weight excluding hydrogens is 308 g/mol. The maximum atomic E-state index is 12.7. The van der Waals surface area contributed by atoms with E-state index in [1.165, 1.54) is 0 Å². The van der Waals surface area contributed by atoms with Crippen LogP contribution in [0.25, 0.3) is 0 Å². The van der Waals surface area contributed by atoms with Crippen LogP contribution in [-0.2, 0) is 9.53 Å². The number of carboxylic acids is 1. The number of nitrogens with zero attached hydrogens (tertiary/aromatic N) is 1. The Balaban J connectivity index is 1.79. The van der Waals surface area contributed by atoms with E-state index < -0.39 is 11.4 Å². The van der Waals surface area contributed by atoms with Gasteiger partial charge in [-0.2, -0.15) is 0 Å². The highest BCUT2D eigenvalue weighted by molar-refractivity contribution is 5.92. The number of hydrogen-bond acceptors (Lipinski definition) is 3. The number of benzene rings is 1. The third-order valence-corrected chi connectivity index (χ3v) is 5.29. The fraction of sp³-hybridized carbons (Fsp3) is 0.556. The van der Waals surface area contributed by atoms with Gasteiger partial charge in [0.1, 0.15) is 5.41 Å². The maximum absolute atomic E-state index is 12.7. The molecule has 0 aliphatic carbocycles. The summed E-state index contributed by atoms with van der Waals surface area (Å²) in [5, 5.41) is 12.6. The quantitative estimate of drug-likeness (QED) is 0.872. The van der Waals surface area contributed by atoms with Crippen LogP contribution in [0.2, 0.25) is 0 Å². The number of anilines is 1. The second kappa shape index (κ2) is 6.09. The van der Waals surface area contributed by atoms with Crippen molar-refractivity contribution >= 4 is 17.7 Å². The number of aliphatic carboxylic acids is 1. The minimum Gasteiger partial charge on any atom is -0.481 e. The third-order valence-electron chi connectivity index (χ3n) is 5.29. The van der Waals surface area contributed by atoms with Crippen molar-refractivity contribution in [2.45, 2.75) is 27.2 Å². The number of likely N-dealkylation sites (tertiary alicyclic amines) is 1. The molecule has 0 spiro atoms. The average molecular weight is 332 g/mol. The molecule has 2 atom stereocenters. The van der Waals surface area contributed by atoms with Crippen LogP contribution >= 0.6 is 0 Å². The molecule has 2 aliphatic heterocycles. The largest absolute Gasteiger partial charge is 0.481 e. The number of rotatable bonds is 2. The summed E-state index contributed by atoms with van der Waals surface area (Å²) >= 11 is 0. The molecule has 0 radical (unpaired) electrons. The molecule has 2 saturated heterocycles. The zero-order valence-corrected chi connectivity index (χ0v) is 14.4. The Morgan fingerprint density at radius 2 is 1.96 bits per heavy atom. The topological polar surface area (TPSA) is 78.9 Å². The summed E-state index contributed by atoms with van der Waals surface area (Å²) < 4.78 is 5.41. The van der Waals surface area contributed by atoms with Crippen molar-refractivity contribution in [3.05, 3.63) is 28.8 Å². The van der Waals surface area contributed by atoms with Gasteiger partial charge in [0.25, 0.3) is 0 Å². The van der Waals surface area contributed by atoms with E-state index in [9.17, 15) is 14.7 Å². The molecule has 130 valence electrons. The second-order valence-corrected chi connectivity index (χ2v) is 7.08. The molecule has 3 rings (SSSR count). The van der Waals surface area contributed by atoms with E-state index in [0.29, 0.717) is 19.6 Å². The number of carbonyl (C=O) groups is 2. The first-order chi connectivity index (χ1) is 11.3. The smallest absolute Gasteiger partial charge is 0.321 e. The highest BCUT2D eigenvalue weighted by Gasteiger charge is 2.55. The van der Waals surface area contributed by atoms with E-state index in [2.05, 4.69) is 5.32 Å². The van der Waals surface area contributed by atoms with Crippen LogP contribution in [-0.4, -0.2) is 48.3 Å². The molecule has 1 aromatic rings. The summed E-state index contributed by atoms with van der Waals surface area (Å²) in [7, 11) is 0. The van der Waals surface area contributed by atoms with Crippen molar-refractivity contribution < 1.29 is 19.4 Å². The standard InChI is InChI=1S/C18H24N2O4/c1-11-6-12(2)15(13(3)7-11)19-17(23)20-8-14-4-5-24-10-18(14,9-20)16(21)22/h6-7,14H,4-5,8-10H2,1-3H3,(H,19,23)(H,21,22)/t14-,18+/m0/s1. The van der Waals surface area contributed by atoms with Crippen molar-refractivity contribution in [3.63, 3.8) is 0 Å². The van der Waals surface area contributed by atoms with Gasteiger partial charge in [0, 0.05) is 25.4 Å². The second-order valence-electron chi connectivity index (χ2n) is 7.08. The van der Waals surface area contributed by atoms with Gasteiger partial charge >= 0.3 is 12.0 Å². The zero-order chi connectivity index (χ0) is 17.5. The molecule has 2 amide bonds. The summed E-state index contributed by atoms with van der Waals surface area (Å²) in [5.41, 5.74) is 3.01. The van der Waals surface area contributed by atoms with Gasteiger partial charge in [-0.3, -0.25) is 4.79 Å². The number of carboxylic acid groups (broad SMARTS) is 1. The Morgan fingerprint density at radius 3 is 2.54 bits per heavy atom. The predicted octanol–water partition coefficient (Wildman–Crippen LogP) is 2.57. The van der Waals surface area contributed by atoms with Crippen LogP contribution in [0.4, 0.5) is 10.5 Å². The molecule has 2 fully saturated rings. The fourth-order valence-corrected chi connectivity index (χ4v) is 4.01. The number of nitrogens with one attached hydrogen (secondary N) is 1. The molecule has 2 aliphatic rings. The Morgan fingerprint density at radius 1 is 1.29 bits per heavy atom. The molecule has 0 aromatic heterocycles. The Hall–Kier alpha value is -2.08. The van der Waals surface area contributed by atoms with Crippen LogP contribution < -0.4 is 5.32 Å². The van der Waals surface area contributed by atoms with E-state index >= 15 is 0 Å². The molecular formula is C18H24N2O4. The van der Waals surface area contributed by atoms with Gasteiger partial charge in [-0.05, 0) is 44.2 Å². The number of carbonyl (C=O) groups excluding carboxylic acids is 1. The van der Waals surface area contributed by atoms with E-state index in [-0.39, 0.29) is 25.1 Å². The van der Waals surface area contributed by atoms with Crippen molar-refractivity contribution in [1.29, 1.82) is 0 Å². The SMILES string of the molecule is Cc1cc(C)c(NC(=O)N2C[C@@H]3CCOC[C@]3(C(=O)O)C2)c(C)c1. The lowest BCUT2D eigenvalue weighted by molar-refractivity contribution is -0.159. The number of amides is 2. The van der Waals surface area contributed by atoms with E-state index in [1.54, 1.807) is 4.90 Å². The average Bonchev–Trinajstić information content (AvgIpc) is 2.91. The van der Waals surface area contributed by atoms with Crippen LogP contribution in [0.5, 0.6) is 0 Å². The molecule has 2 N–H and O–H groups in total. The summed E-state index contributed by atoms with van der Waals surface area (Å²) in [6, 6.07) is 3.82. The van der Waals surface area contributed by atoms with Crippen molar-refractivity contribution in [3.8, 4) is 0 Å². The molecule has 6 heteroatoms. The fourth-order valence-electron chi connectivity index (χ4n) is 4.01. The lowest BCUT2D eigenvalue weighted by atomic mass is 9.76. The summed E-state index contributed by atoms with van der Waals surface area (Å²) in [6.07, 6.45) is 0.679. The van der Waals surface area contributed by atoms with Crippen molar-refractivity contribution in [2.75, 3.05) is 31.6 Å². The van der Waals surface area contributed by atoms with Gasteiger partial charge in [-0.25, -0.2) is 4.79 Å². The highest BCUT2D eigenvalue weighted by atomic mass is 16.5. The first kappa shape index (κ1) is 16.8. The summed E-state index contributed by atoms with van der Waals surface area (Å²) in [6.45, 7) is 7.35. The number of ether oxygens (including phenoxy) is 1. The summed E-state index contributed by atoms with van der Waals surface area (Å²) in [4.78, 5) is 26.1. The van der Waals surface area contributed by atoms with Gasteiger partial charge in [-0.1, -0.05) is 17.7 Å². The highest BCUT2D eigenvalue weighted by Crippen LogP contribution is 2.41. The van der Waals surface area contributed by atoms with Gasteiger partial charge in [0.15, 0.2) is 0 Å². The number of urea groups is 1. The van der Waals surface area contributed by atoms with Crippen LogP contribution in [0.15, 0.2) is 12.1 Å². The molecule has 2 heterocycles. The number of fused-ring (bicyclic) bond motifs is 1. The van der Waals surface area contributed by atoms with Gasteiger partial charge in [0.2, 0.25) is 0 Å². The Labute approximate surface area is 141 Å². The monoisotopic (exact) mass is 332 g/mol. The normalized spacial score (nSPS) is 26.1. The van der Waals surface area contributed by atoms with Crippen LogP contribution in [0.1, 0.15) is 23.1 Å². The zero-order valence-electron chi connectivity index (χ0n) is 14.4. The minimum atomic E-state index is -0.965. The van der Waals surface area contributed by atoms with Gasteiger partial charge < -0.3 is 20.1 Å². The van der Waals surface area contributed by atoms with Crippen molar-refractivity contribution in [1.82, 2.24) is 4.90 Å². The molecule has 24 heavy (non-hydrogen) atoms. The lowest BCUT2D eigenvalue weighted by Crippen LogP contribution is -2.46. The molecule has 1 aromatic carbocycles. The molecule has 0 bridgehead atoms. The first-order valence-electron chi connectivity index (χ1n) is 8.28. The molecule has 6 nitrogen and oxygen atoms in total. The van der Waals surface area contributed by atoms with Gasteiger partial charge in [-0.15, -0.1) is 0 Å². The lowest BCUT2D eigenvalue weighted by Gasteiger charge is -2.33. The van der Waals surface area contributed by atoms with Crippen LogP contribution in [0, 0.1) is 32.1 Å². The number of aryl methyl sites for hydroxylation is 3. The molecule has 0 unspecified atom stereocenters. The first-order valence-corrected chi connectivity index (χ1v) is 8.28. The summed E-state index contributed by atoms with van der Waals surface area (Å²) in [5.74, 6) is -0.917. The van der Waals surface area contributed by atoms with E-state index in [1.807, 2.05) is 32.9 Å².